The molecule has 0 bridgehead atoms. The van der Waals surface area contributed by atoms with Gasteiger partial charge in [0, 0.05) is 26.5 Å². The lowest BCUT2D eigenvalue weighted by atomic mass is 10.2. The summed E-state index contributed by atoms with van der Waals surface area (Å²) in [6.45, 7) is 0.450. The third kappa shape index (κ3) is 4.44. The van der Waals surface area contributed by atoms with E-state index in [1.54, 1.807) is 20.3 Å². The molecule has 1 heterocycles. The van der Waals surface area contributed by atoms with Crippen molar-refractivity contribution in [2.75, 3.05) is 20.7 Å². The number of carbonyl (C=O) groups is 1. The number of aryl methyl sites for hydroxylation is 1. The second-order valence-corrected chi connectivity index (χ2v) is 3.47. The molecule has 0 aliphatic rings. The van der Waals surface area contributed by atoms with Gasteiger partial charge in [-0.05, 0) is 24.5 Å². The summed E-state index contributed by atoms with van der Waals surface area (Å²) in [5.41, 5.74) is 1.17. The van der Waals surface area contributed by atoms with Crippen molar-refractivity contribution in [3.05, 3.63) is 30.1 Å². The maximum atomic E-state index is 11.0. The highest BCUT2D eigenvalue weighted by molar-refractivity contribution is 5.66. The van der Waals surface area contributed by atoms with E-state index in [-0.39, 0.29) is 6.09 Å². The summed E-state index contributed by atoms with van der Waals surface area (Å²) in [6.07, 6.45) is 4.99. The minimum Gasteiger partial charge on any atom is -0.449 e. The first-order valence-electron chi connectivity index (χ1n) is 4.93. The summed E-state index contributed by atoms with van der Waals surface area (Å²) < 4.78 is 4.99. The van der Waals surface area contributed by atoms with Crippen molar-refractivity contribution < 1.29 is 9.53 Å². The average Bonchev–Trinajstić information content (AvgIpc) is 2.25. The predicted octanol–water partition coefficient (Wildman–Crippen LogP) is 1.71. The number of hydrogen-bond donors (Lipinski definition) is 0. The van der Waals surface area contributed by atoms with Crippen LogP contribution < -0.4 is 0 Å². The van der Waals surface area contributed by atoms with Crippen molar-refractivity contribution >= 4 is 6.09 Å². The number of pyridine rings is 1. The van der Waals surface area contributed by atoms with E-state index in [2.05, 4.69) is 4.98 Å². The molecule has 0 aromatic carbocycles. The quantitative estimate of drug-likeness (QED) is 0.707. The highest BCUT2D eigenvalue weighted by atomic mass is 16.6. The Labute approximate surface area is 89.9 Å². The van der Waals surface area contributed by atoms with Crippen LogP contribution in [0.1, 0.15) is 12.0 Å². The molecule has 0 unspecified atom stereocenters. The van der Waals surface area contributed by atoms with Gasteiger partial charge in [-0.3, -0.25) is 4.98 Å². The molecule has 1 aromatic heterocycles. The Morgan fingerprint density at radius 1 is 1.53 bits per heavy atom. The second-order valence-electron chi connectivity index (χ2n) is 3.47. The SMILES string of the molecule is CN(C)C(=O)OCCCc1cccnc1. The van der Waals surface area contributed by atoms with Crippen molar-refractivity contribution in [3.63, 3.8) is 0 Å². The van der Waals surface area contributed by atoms with Gasteiger partial charge in [-0.25, -0.2) is 4.79 Å². The van der Waals surface area contributed by atoms with Crippen molar-refractivity contribution in [2.45, 2.75) is 12.8 Å². The summed E-state index contributed by atoms with van der Waals surface area (Å²) >= 11 is 0. The molecule has 0 radical (unpaired) electrons. The van der Waals surface area contributed by atoms with Crippen LogP contribution in [0.15, 0.2) is 24.5 Å². The second kappa shape index (κ2) is 6.01. The zero-order chi connectivity index (χ0) is 11.1. The highest BCUT2D eigenvalue weighted by Gasteiger charge is 2.03. The number of hydrogen-bond acceptors (Lipinski definition) is 3. The van der Waals surface area contributed by atoms with Gasteiger partial charge in [0.05, 0.1) is 6.61 Å². The van der Waals surface area contributed by atoms with Gasteiger partial charge in [0.25, 0.3) is 0 Å². The van der Waals surface area contributed by atoms with E-state index in [0.29, 0.717) is 6.61 Å². The molecule has 15 heavy (non-hydrogen) atoms. The van der Waals surface area contributed by atoms with E-state index in [1.165, 1.54) is 10.5 Å². The molecule has 0 saturated carbocycles. The first kappa shape index (κ1) is 11.5. The van der Waals surface area contributed by atoms with Gasteiger partial charge < -0.3 is 9.64 Å². The Morgan fingerprint density at radius 3 is 2.93 bits per heavy atom. The smallest absolute Gasteiger partial charge is 0.409 e. The third-order valence-electron chi connectivity index (χ3n) is 1.92. The monoisotopic (exact) mass is 208 g/mol. The van der Waals surface area contributed by atoms with Crippen LogP contribution in [0.4, 0.5) is 4.79 Å². The van der Waals surface area contributed by atoms with E-state index < -0.39 is 0 Å². The molecule has 0 aliphatic carbocycles. The normalized spacial score (nSPS) is 9.73. The lowest BCUT2D eigenvalue weighted by molar-refractivity contribution is 0.117. The van der Waals surface area contributed by atoms with Crippen LogP contribution in [-0.4, -0.2) is 36.7 Å². The van der Waals surface area contributed by atoms with Crippen LogP contribution >= 0.6 is 0 Å². The Balaban J connectivity index is 2.15. The van der Waals surface area contributed by atoms with Crippen LogP contribution in [0.2, 0.25) is 0 Å². The largest absolute Gasteiger partial charge is 0.449 e. The summed E-state index contributed by atoms with van der Waals surface area (Å²) in [5.74, 6) is 0. The van der Waals surface area contributed by atoms with E-state index in [9.17, 15) is 4.79 Å². The predicted molar refractivity (Wildman–Crippen MR) is 57.6 cm³/mol. The third-order valence-corrected chi connectivity index (χ3v) is 1.92. The van der Waals surface area contributed by atoms with Crippen LogP contribution in [0.3, 0.4) is 0 Å². The topological polar surface area (TPSA) is 42.4 Å². The van der Waals surface area contributed by atoms with Crippen molar-refractivity contribution in [3.8, 4) is 0 Å². The van der Waals surface area contributed by atoms with Crippen LogP contribution in [0.5, 0.6) is 0 Å². The summed E-state index contributed by atoms with van der Waals surface area (Å²) in [6, 6.07) is 3.92. The molecule has 0 saturated heterocycles. The molecule has 1 rings (SSSR count). The number of aromatic nitrogens is 1. The molecule has 0 aliphatic heterocycles. The van der Waals surface area contributed by atoms with Gasteiger partial charge >= 0.3 is 6.09 Å². The Hall–Kier alpha value is -1.58. The molecule has 0 fully saturated rings. The standard InChI is InChI=1S/C11H16N2O2/c1-13(2)11(14)15-8-4-6-10-5-3-7-12-9-10/h3,5,7,9H,4,6,8H2,1-2H3. The zero-order valence-corrected chi connectivity index (χ0v) is 9.14. The molecule has 0 spiro atoms. The molecular weight excluding hydrogens is 192 g/mol. The minimum atomic E-state index is -0.291. The maximum Gasteiger partial charge on any atom is 0.409 e. The van der Waals surface area contributed by atoms with Gasteiger partial charge in [0.2, 0.25) is 0 Å². The molecule has 0 N–H and O–H groups in total. The number of amides is 1. The first-order valence-corrected chi connectivity index (χ1v) is 4.93. The highest BCUT2D eigenvalue weighted by Crippen LogP contribution is 2.00. The first-order chi connectivity index (χ1) is 7.20. The van der Waals surface area contributed by atoms with Crippen LogP contribution in [-0.2, 0) is 11.2 Å². The fraction of sp³-hybridized carbons (Fsp3) is 0.455. The molecule has 4 heteroatoms. The maximum absolute atomic E-state index is 11.0. The fourth-order valence-electron chi connectivity index (χ4n) is 1.11. The minimum absolute atomic E-state index is 0.291. The van der Waals surface area contributed by atoms with Gasteiger partial charge in [-0.2, -0.15) is 0 Å². The van der Waals surface area contributed by atoms with E-state index in [1.807, 2.05) is 18.3 Å². The molecule has 1 aromatic rings. The average molecular weight is 208 g/mol. The van der Waals surface area contributed by atoms with Crippen LogP contribution in [0, 0.1) is 0 Å². The molecule has 1 amide bonds. The number of nitrogens with zero attached hydrogens (tertiary/aromatic N) is 2. The van der Waals surface area contributed by atoms with E-state index >= 15 is 0 Å². The Morgan fingerprint density at radius 2 is 2.33 bits per heavy atom. The lowest BCUT2D eigenvalue weighted by Crippen LogP contribution is -2.23. The molecule has 4 nitrogen and oxygen atoms in total. The van der Waals surface area contributed by atoms with Gasteiger partial charge in [-0.15, -0.1) is 0 Å². The van der Waals surface area contributed by atoms with Gasteiger partial charge in [-0.1, -0.05) is 6.07 Å². The molecule has 82 valence electrons. The summed E-state index contributed by atoms with van der Waals surface area (Å²) in [7, 11) is 3.34. The molecular formula is C11H16N2O2. The van der Waals surface area contributed by atoms with E-state index in [4.69, 9.17) is 4.74 Å². The van der Waals surface area contributed by atoms with Gasteiger partial charge in [0.1, 0.15) is 0 Å². The van der Waals surface area contributed by atoms with Crippen molar-refractivity contribution in [1.29, 1.82) is 0 Å². The fourth-order valence-corrected chi connectivity index (χ4v) is 1.11. The number of rotatable bonds is 4. The van der Waals surface area contributed by atoms with Crippen molar-refractivity contribution in [1.82, 2.24) is 9.88 Å². The lowest BCUT2D eigenvalue weighted by Gasteiger charge is -2.10. The van der Waals surface area contributed by atoms with Gasteiger partial charge in [0.15, 0.2) is 0 Å². The summed E-state index contributed by atoms with van der Waals surface area (Å²) in [4.78, 5) is 16.5. The zero-order valence-electron chi connectivity index (χ0n) is 9.14. The van der Waals surface area contributed by atoms with E-state index in [0.717, 1.165) is 12.8 Å². The summed E-state index contributed by atoms with van der Waals surface area (Å²) in [5, 5.41) is 0. The van der Waals surface area contributed by atoms with Crippen molar-refractivity contribution in [2.24, 2.45) is 0 Å². The molecule has 0 atom stereocenters. The van der Waals surface area contributed by atoms with Crippen LogP contribution in [0.25, 0.3) is 0 Å². The number of carbonyl (C=O) groups excluding carboxylic acids is 1. The Bertz CT molecular complexity index is 299. The Kier molecular flexibility index (Phi) is 4.60. The number of ether oxygens (including phenoxy) is 1.